The van der Waals surface area contributed by atoms with E-state index in [1.165, 1.54) is 5.56 Å². The van der Waals surface area contributed by atoms with Gasteiger partial charge in [0.1, 0.15) is 0 Å². The van der Waals surface area contributed by atoms with Crippen LogP contribution in [0.3, 0.4) is 0 Å². The SMILES string of the molecule is CC1(C)C(=O)N(c2ccccc2)C1c1ccc(Br)cc1. The Kier molecular flexibility index (Phi) is 3.17. The average molecular weight is 330 g/mol. The van der Waals surface area contributed by atoms with E-state index in [1.54, 1.807) is 0 Å². The second-order valence-electron chi connectivity index (χ2n) is 5.69. The molecule has 1 aliphatic rings. The van der Waals surface area contributed by atoms with Crippen molar-refractivity contribution in [3.05, 3.63) is 64.6 Å². The number of hydrogen-bond acceptors (Lipinski definition) is 1. The Bertz CT molecular complexity index is 634. The zero-order chi connectivity index (χ0) is 14.3. The molecule has 2 aromatic rings. The van der Waals surface area contributed by atoms with E-state index in [0.717, 1.165) is 10.2 Å². The van der Waals surface area contributed by atoms with Crippen LogP contribution in [0.1, 0.15) is 25.5 Å². The van der Waals surface area contributed by atoms with Gasteiger partial charge in [-0.05, 0) is 43.7 Å². The van der Waals surface area contributed by atoms with E-state index in [-0.39, 0.29) is 17.4 Å². The Labute approximate surface area is 127 Å². The van der Waals surface area contributed by atoms with Gasteiger partial charge in [-0.1, -0.05) is 46.3 Å². The van der Waals surface area contributed by atoms with Crippen LogP contribution in [0, 0.1) is 5.41 Å². The fraction of sp³-hybridized carbons (Fsp3) is 0.235. The summed E-state index contributed by atoms with van der Waals surface area (Å²) in [5.41, 5.74) is 1.77. The lowest BCUT2D eigenvalue weighted by Crippen LogP contribution is -2.61. The van der Waals surface area contributed by atoms with Crippen LogP contribution in [0.4, 0.5) is 5.69 Å². The van der Waals surface area contributed by atoms with Gasteiger partial charge in [-0.15, -0.1) is 0 Å². The molecule has 0 saturated carbocycles. The molecular formula is C17H16BrNO. The minimum atomic E-state index is -0.357. The highest BCUT2D eigenvalue weighted by Crippen LogP contribution is 2.51. The summed E-state index contributed by atoms with van der Waals surface area (Å²) in [6, 6.07) is 18.2. The molecule has 1 amide bonds. The maximum atomic E-state index is 12.5. The molecule has 1 saturated heterocycles. The third kappa shape index (κ3) is 1.97. The lowest BCUT2D eigenvalue weighted by molar-refractivity contribution is -0.137. The highest BCUT2D eigenvalue weighted by Gasteiger charge is 2.55. The van der Waals surface area contributed by atoms with Crippen LogP contribution in [-0.4, -0.2) is 5.91 Å². The normalized spacial score (nSPS) is 20.6. The predicted molar refractivity (Wildman–Crippen MR) is 84.6 cm³/mol. The summed E-state index contributed by atoms with van der Waals surface area (Å²) in [7, 11) is 0. The van der Waals surface area contributed by atoms with Crippen LogP contribution in [0.2, 0.25) is 0 Å². The summed E-state index contributed by atoms with van der Waals surface area (Å²) < 4.78 is 1.05. The summed E-state index contributed by atoms with van der Waals surface area (Å²) in [6.07, 6.45) is 0. The highest BCUT2D eigenvalue weighted by atomic mass is 79.9. The molecule has 0 aliphatic carbocycles. The summed E-state index contributed by atoms with van der Waals surface area (Å²) in [5.74, 6) is 0.177. The Hall–Kier alpha value is -1.61. The number of para-hydroxylation sites is 1. The van der Waals surface area contributed by atoms with E-state index in [9.17, 15) is 4.79 Å². The molecule has 102 valence electrons. The second-order valence-corrected chi connectivity index (χ2v) is 6.60. The molecule has 3 rings (SSSR count). The molecule has 0 aromatic heterocycles. The predicted octanol–water partition coefficient (Wildman–Crippen LogP) is 4.56. The van der Waals surface area contributed by atoms with Crippen molar-refractivity contribution in [1.82, 2.24) is 0 Å². The summed E-state index contributed by atoms with van der Waals surface area (Å²) in [6.45, 7) is 4.03. The fourth-order valence-electron chi connectivity index (χ4n) is 2.87. The van der Waals surface area contributed by atoms with E-state index in [4.69, 9.17) is 0 Å². The van der Waals surface area contributed by atoms with Crippen molar-refractivity contribution in [3.8, 4) is 0 Å². The summed E-state index contributed by atoms with van der Waals surface area (Å²) in [4.78, 5) is 14.3. The number of carbonyl (C=O) groups is 1. The monoisotopic (exact) mass is 329 g/mol. The van der Waals surface area contributed by atoms with Gasteiger partial charge in [0.2, 0.25) is 5.91 Å². The molecule has 1 unspecified atom stereocenters. The molecule has 0 spiro atoms. The first-order valence-electron chi connectivity index (χ1n) is 6.66. The number of nitrogens with zero attached hydrogens (tertiary/aromatic N) is 1. The summed E-state index contributed by atoms with van der Waals surface area (Å²) in [5, 5.41) is 0. The van der Waals surface area contributed by atoms with Gasteiger partial charge in [0.05, 0.1) is 11.5 Å². The zero-order valence-corrected chi connectivity index (χ0v) is 13.1. The van der Waals surface area contributed by atoms with Crippen molar-refractivity contribution in [1.29, 1.82) is 0 Å². The van der Waals surface area contributed by atoms with E-state index >= 15 is 0 Å². The van der Waals surface area contributed by atoms with E-state index in [1.807, 2.05) is 61.2 Å². The molecule has 1 fully saturated rings. The molecule has 1 heterocycles. The van der Waals surface area contributed by atoms with E-state index < -0.39 is 0 Å². The molecule has 0 bridgehead atoms. The Morgan fingerprint density at radius 2 is 1.60 bits per heavy atom. The third-order valence-electron chi connectivity index (χ3n) is 3.93. The van der Waals surface area contributed by atoms with Crippen molar-refractivity contribution in [2.24, 2.45) is 5.41 Å². The topological polar surface area (TPSA) is 20.3 Å². The number of carbonyl (C=O) groups excluding carboxylic acids is 1. The number of β-lactam (4-membered cyclic amide) rings is 1. The van der Waals surface area contributed by atoms with Crippen LogP contribution in [-0.2, 0) is 4.79 Å². The van der Waals surface area contributed by atoms with E-state index in [2.05, 4.69) is 28.1 Å². The average Bonchev–Trinajstić information content (AvgIpc) is 2.46. The molecule has 2 nitrogen and oxygen atoms in total. The fourth-order valence-corrected chi connectivity index (χ4v) is 3.13. The zero-order valence-electron chi connectivity index (χ0n) is 11.5. The van der Waals surface area contributed by atoms with Gasteiger partial charge in [0.25, 0.3) is 0 Å². The molecule has 0 N–H and O–H groups in total. The Balaban J connectivity index is 2.02. The van der Waals surface area contributed by atoms with Crippen LogP contribution in [0.5, 0.6) is 0 Å². The third-order valence-corrected chi connectivity index (χ3v) is 4.46. The first-order chi connectivity index (χ1) is 9.51. The number of anilines is 1. The largest absolute Gasteiger partial charge is 0.303 e. The minimum Gasteiger partial charge on any atom is -0.303 e. The van der Waals surface area contributed by atoms with Gasteiger partial charge in [-0.3, -0.25) is 4.79 Å². The van der Waals surface area contributed by atoms with Gasteiger partial charge >= 0.3 is 0 Å². The van der Waals surface area contributed by atoms with Crippen molar-refractivity contribution in [2.45, 2.75) is 19.9 Å². The Morgan fingerprint density at radius 3 is 2.20 bits per heavy atom. The van der Waals surface area contributed by atoms with Gasteiger partial charge < -0.3 is 4.90 Å². The first-order valence-corrected chi connectivity index (χ1v) is 7.45. The number of rotatable bonds is 2. The lowest BCUT2D eigenvalue weighted by atomic mass is 9.70. The van der Waals surface area contributed by atoms with Crippen LogP contribution in [0.25, 0.3) is 0 Å². The van der Waals surface area contributed by atoms with Crippen LogP contribution >= 0.6 is 15.9 Å². The molecule has 20 heavy (non-hydrogen) atoms. The van der Waals surface area contributed by atoms with Crippen LogP contribution in [0.15, 0.2) is 59.1 Å². The minimum absolute atomic E-state index is 0.0884. The van der Waals surface area contributed by atoms with Crippen molar-refractivity contribution >= 4 is 27.5 Å². The van der Waals surface area contributed by atoms with Gasteiger partial charge in [-0.25, -0.2) is 0 Å². The maximum absolute atomic E-state index is 12.5. The van der Waals surface area contributed by atoms with Crippen LogP contribution < -0.4 is 4.90 Å². The van der Waals surface area contributed by atoms with E-state index in [0.29, 0.717) is 0 Å². The van der Waals surface area contributed by atoms with Crippen molar-refractivity contribution in [2.75, 3.05) is 4.90 Å². The molecule has 1 aliphatic heterocycles. The smallest absolute Gasteiger partial charge is 0.235 e. The molecule has 1 atom stereocenters. The maximum Gasteiger partial charge on any atom is 0.235 e. The highest BCUT2D eigenvalue weighted by molar-refractivity contribution is 9.10. The molecule has 3 heteroatoms. The lowest BCUT2D eigenvalue weighted by Gasteiger charge is -2.53. The van der Waals surface area contributed by atoms with Crippen molar-refractivity contribution in [3.63, 3.8) is 0 Å². The molecule has 0 radical (unpaired) electrons. The summed E-state index contributed by atoms with van der Waals surface area (Å²) >= 11 is 3.45. The number of amides is 1. The Morgan fingerprint density at radius 1 is 1.00 bits per heavy atom. The van der Waals surface area contributed by atoms with Gasteiger partial charge in [-0.2, -0.15) is 0 Å². The number of hydrogen-bond donors (Lipinski definition) is 0. The second kappa shape index (κ2) is 4.74. The standard InChI is InChI=1S/C17H16BrNO/c1-17(2)15(12-8-10-13(18)11-9-12)19(16(17)20)14-6-4-3-5-7-14/h3-11,15H,1-2H3. The quantitative estimate of drug-likeness (QED) is 0.739. The van der Waals surface area contributed by atoms with Gasteiger partial charge in [0.15, 0.2) is 0 Å². The molecule has 2 aromatic carbocycles. The first kappa shape index (κ1) is 13.4. The van der Waals surface area contributed by atoms with Gasteiger partial charge in [0, 0.05) is 10.2 Å². The molecular weight excluding hydrogens is 314 g/mol. The number of halogens is 1. The van der Waals surface area contributed by atoms with Crippen molar-refractivity contribution < 1.29 is 4.79 Å². The number of benzene rings is 2.